The van der Waals surface area contributed by atoms with Gasteiger partial charge in [0, 0.05) is 23.2 Å². The van der Waals surface area contributed by atoms with Crippen molar-refractivity contribution in [3.63, 3.8) is 0 Å². The van der Waals surface area contributed by atoms with Gasteiger partial charge in [-0.15, -0.1) is 0 Å². The zero-order valence-corrected chi connectivity index (χ0v) is 20.2. The van der Waals surface area contributed by atoms with Gasteiger partial charge in [0.1, 0.15) is 11.5 Å². The largest absolute Gasteiger partial charge is 0.494 e. The van der Waals surface area contributed by atoms with Gasteiger partial charge in [-0.2, -0.15) is 5.10 Å². The van der Waals surface area contributed by atoms with Gasteiger partial charge in [-0.1, -0.05) is 32.0 Å². The molecule has 2 unspecified atom stereocenters. The summed E-state index contributed by atoms with van der Waals surface area (Å²) in [4.78, 5) is 12.8. The first-order valence-electron chi connectivity index (χ1n) is 12.3. The van der Waals surface area contributed by atoms with Gasteiger partial charge in [0.25, 0.3) is 0 Å². The third kappa shape index (κ3) is 5.48. The van der Waals surface area contributed by atoms with Crippen molar-refractivity contribution in [3.8, 4) is 22.7 Å². The van der Waals surface area contributed by atoms with Crippen molar-refractivity contribution in [3.05, 3.63) is 90.5 Å². The Hall–Kier alpha value is -3.80. The fourth-order valence-electron chi connectivity index (χ4n) is 4.26. The fourth-order valence-corrected chi connectivity index (χ4v) is 4.26. The van der Waals surface area contributed by atoms with Crippen molar-refractivity contribution in [1.82, 2.24) is 15.1 Å². The first-order valence-corrected chi connectivity index (χ1v) is 12.3. The van der Waals surface area contributed by atoms with Crippen LogP contribution in [0.5, 0.6) is 5.75 Å². The molecule has 1 fully saturated rings. The molecule has 0 radical (unpaired) electrons. The summed E-state index contributed by atoms with van der Waals surface area (Å²) in [6.07, 6.45) is 5.53. The normalized spacial score (nSPS) is 16.9. The average Bonchev–Trinajstić information content (AvgIpc) is 3.27. The number of benzene rings is 2. The topological polar surface area (TPSA) is 69.3 Å². The number of carbonyl (C=O) groups excluding carboxylic acids is 1. The second kappa shape index (κ2) is 10.2. The molecule has 0 saturated heterocycles. The second-order valence-electron chi connectivity index (χ2n) is 9.51. The zero-order chi connectivity index (χ0) is 24.2. The molecule has 2 heterocycles. The zero-order valence-electron chi connectivity index (χ0n) is 20.2. The summed E-state index contributed by atoms with van der Waals surface area (Å²) in [5, 5.41) is 7.94. The number of para-hydroxylation sites is 1. The molecule has 1 aliphatic rings. The van der Waals surface area contributed by atoms with Crippen LogP contribution in [0.15, 0.2) is 83.6 Å². The molecular weight excluding hydrogens is 438 g/mol. The summed E-state index contributed by atoms with van der Waals surface area (Å²) < 4.78 is 13.1. The molecule has 2 atom stereocenters. The highest BCUT2D eigenvalue weighted by Crippen LogP contribution is 2.50. The Labute approximate surface area is 205 Å². The van der Waals surface area contributed by atoms with Gasteiger partial charge in [0.2, 0.25) is 5.91 Å². The van der Waals surface area contributed by atoms with Gasteiger partial charge in [-0.3, -0.25) is 4.79 Å². The average molecular weight is 470 g/mol. The molecule has 5 rings (SSSR count). The Balaban J connectivity index is 1.35. The SMILES string of the molecule is CC(C)CCOc1ccc(-c2nn(-c3ccccc3)cc2C2CC2C(=O)NCc2ccco2)cc1. The number of nitrogens with one attached hydrogen (secondary N) is 1. The van der Waals surface area contributed by atoms with E-state index in [-0.39, 0.29) is 17.7 Å². The lowest BCUT2D eigenvalue weighted by atomic mass is 10.0. The van der Waals surface area contributed by atoms with Crippen molar-refractivity contribution in [2.45, 2.75) is 39.2 Å². The van der Waals surface area contributed by atoms with Crippen molar-refractivity contribution in [2.75, 3.05) is 6.61 Å². The molecule has 4 aromatic rings. The molecule has 2 aromatic carbocycles. The molecule has 6 nitrogen and oxygen atoms in total. The smallest absolute Gasteiger partial charge is 0.224 e. The highest BCUT2D eigenvalue weighted by molar-refractivity contribution is 5.83. The molecule has 0 aliphatic heterocycles. The highest BCUT2D eigenvalue weighted by atomic mass is 16.5. The van der Waals surface area contributed by atoms with E-state index in [4.69, 9.17) is 14.3 Å². The van der Waals surface area contributed by atoms with Crippen LogP contribution >= 0.6 is 0 Å². The van der Waals surface area contributed by atoms with Crippen molar-refractivity contribution >= 4 is 5.91 Å². The van der Waals surface area contributed by atoms with Crippen LogP contribution in [0.25, 0.3) is 16.9 Å². The van der Waals surface area contributed by atoms with E-state index in [2.05, 4.69) is 37.5 Å². The number of hydrogen-bond donors (Lipinski definition) is 1. The van der Waals surface area contributed by atoms with Crippen LogP contribution in [0, 0.1) is 11.8 Å². The van der Waals surface area contributed by atoms with Crippen LogP contribution in [0.2, 0.25) is 0 Å². The van der Waals surface area contributed by atoms with E-state index < -0.39 is 0 Å². The van der Waals surface area contributed by atoms with E-state index >= 15 is 0 Å². The summed E-state index contributed by atoms with van der Waals surface area (Å²) in [5.41, 5.74) is 4.02. The number of aromatic nitrogens is 2. The molecule has 180 valence electrons. The third-order valence-electron chi connectivity index (χ3n) is 6.40. The van der Waals surface area contributed by atoms with E-state index in [9.17, 15) is 4.79 Å². The number of amides is 1. The molecule has 2 aromatic heterocycles. The minimum absolute atomic E-state index is 0.0544. The highest BCUT2D eigenvalue weighted by Gasteiger charge is 2.46. The van der Waals surface area contributed by atoms with Crippen molar-refractivity contribution < 1.29 is 13.9 Å². The van der Waals surface area contributed by atoms with Crippen molar-refractivity contribution in [1.29, 1.82) is 0 Å². The molecule has 1 aliphatic carbocycles. The molecule has 1 amide bonds. The number of ether oxygens (including phenoxy) is 1. The van der Waals surface area contributed by atoms with E-state index in [1.807, 2.05) is 59.3 Å². The molecule has 1 N–H and O–H groups in total. The first-order chi connectivity index (χ1) is 17.1. The number of furan rings is 1. The van der Waals surface area contributed by atoms with E-state index in [0.717, 1.165) is 46.9 Å². The van der Waals surface area contributed by atoms with Gasteiger partial charge >= 0.3 is 0 Å². The Bertz CT molecular complexity index is 1240. The Morgan fingerprint density at radius 2 is 1.91 bits per heavy atom. The van der Waals surface area contributed by atoms with Crippen LogP contribution in [0.3, 0.4) is 0 Å². The summed E-state index contributed by atoms with van der Waals surface area (Å²) in [5.74, 6) is 2.36. The lowest BCUT2D eigenvalue weighted by Gasteiger charge is -2.09. The van der Waals surface area contributed by atoms with Gasteiger partial charge in [-0.25, -0.2) is 4.68 Å². The summed E-state index contributed by atoms with van der Waals surface area (Å²) in [6.45, 7) is 5.50. The van der Waals surface area contributed by atoms with Crippen LogP contribution in [0.1, 0.15) is 43.9 Å². The summed E-state index contributed by atoms with van der Waals surface area (Å²) >= 11 is 0. The fraction of sp³-hybridized carbons (Fsp3) is 0.310. The predicted molar refractivity (Wildman–Crippen MR) is 135 cm³/mol. The summed E-state index contributed by atoms with van der Waals surface area (Å²) in [6, 6.07) is 21.9. The minimum atomic E-state index is -0.0595. The lowest BCUT2D eigenvalue weighted by molar-refractivity contribution is -0.122. The van der Waals surface area contributed by atoms with Crippen LogP contribution in [-0.2, 0) is 11.3 Å². The van der Waals surface area contributed by atoms with Crippen molar-refractivity contribution in [2.24, 2.45) is 11.8 Å². The molecular formula is C29H31N3O3. The maximum Gasteiger partial charge on any atom is 0.224 e. The molecule has 35 heavy (non-hydrogen) atoms. The van der Waals surface area contributed by atoms with Crippen LogP contribution < -0.4 is 10.1 Å². The van der Waals surface area contributed by atoms with Gasteiger partial charge in [0.15, 0.2) is 0 Å². The van der Waals surface area contributed by atoms with Gasteiger partial charge in [-0.05, 0) is 73.2 Å². The second-order valence-corrected chi connectivity index (χ2v) is 9.51. The Kier molecular flexibility index (Phi) is 6.70. The molecule has 0 bridgehead atoms. The van der Waals surface area contributed by atoms with Gasteiger partial charge in [0.05, 0.1) is 30.8 Å². The maximum absolute atomic E-state index is 12.8. The number of rotatable bonds is 10. The van der Waals surface area contributed by atoms with E-state index in [1.165, 1.54) is 0 Å². The number of nitrogens with zero attached hydrogens (tertiary/aromatic N) is 2. The third-order valence-corrected chi connectivity index (χ3v) is 6.40. The first kappa shape index (κ1) is 23.0. The van der Waals surface area contributed by atoms with Gasteiger partial charge < -0.3 is 14.5 Å². The van der Waals surface area contributed by atoms with E-state index in [1.54, 1.807) is 6.26 Å². The lowest BCUT2D eigenvalue weighted by Crippen LogP contribution is -2.24. The Morgan fingerprint density at radius 3 is 2.63 bits per heavy atom. The maximum atomic E-state index is 12.8. The molecule has 1 saturated carbocycles. The summed E-state index contributed by atoms with van der Waals surface area (Å²) in [7, 11) is 0. The monoisotopic (exact) mass is 469 g/mol. The van der Waals surface area contributed by atoms with Crippen LogP contribution in [-0.4, -0.2) is 22.3 Å². The Morgan fingerprint density at radius 1 is 1.11 bits per heavy atom. The molecule has 6 heteroatoms. The standard InChI is InChI=1S/C29H31N3O3/c1-20(2)14-16-35-23-12-10-21(11-13-23)28-27(19-32(31-28)22-7-4-3-5-8-22)25-17-26(25)29(33)30-18-24-9-6-15-34-24/h3-13,15,19-20,25-26H,14,16-18H2,1-2H3,(H,30,33). The van der Waals surface area contributed by atoms with E-state index in [0.29, 0.717) is 19.1 Å². The number of hydrogen-bond acceptors (Lipinski definition) is 4. The number of carbonyl (C=O) groups is 1. The molecule has 0 spiro atoms. The minimum Gasteiger partial charge on any atom is -0.494 e. The quantitative estimate of drug-likeness (QED) is 0.310. The van der Waals surface area contributed by atoms with Crippen LogP contribution in [0.4, 0.5) is 0 Å². The predicted octanol–water partition coefficient (Wildman–Crippen LogP) is 5.98.